The maximum Gasteiger partial charge on any atom is 0.278 e. The van der Waals surface area contributed by atoms with Crippen molar-refractivity contribution in [3.05, 3.63) is 48.3 Å². The van der Waals surface area contributed by atoms with Gasteiger partial charge in [-0.1, -0.05) is 12.1 Å². The Morgan fingerprint density at radius 2 is 1.92 bits per heavy atom. The Labute approximate surface area is 150 Å². The fraction of sp³-hybridized carbons (Fsp3) is 0.316. The molecule has 1 fully saturated rings. The number of aromatic nitrogens is 3. The Bertz CT molecular complexity index is 995. The molecule has 1 amide bonds. The van der Waals surface area contributed by atoms with Crippen LogP contribution in [0, 0.1) is 0 Å². The summed E-state index contributed by atoms with van der Waals surface area (Å²) in [6.45, 7) is 1.50. The number of rotatable bonds is 3. The number of amides is 1. The van der Waals surface area contributed by atoms with Crippen LogP contribution in [0.2, 0.25) is 0 Å². The first kappa shape index (κ1) is 15.2. The molecule has 3 aromatic rings. The Morgan fingerprint density at radius 1 is 1.12 bits per heavy atom. The largest absolute Gasteiger partial charge is 0.480 e. The van der Waals surface area contributed by atoms with Crippen LogP contribution >= 0.6 is 0 Å². The highest BCUT2D eigenvalue weighted by molar-refractivity contribution is 6.07. The smallest absolute Gasteiger partial charge is 0.278 e. The van der Waals surface area contributed by atoms with Crippen molar-refractivity contribution in [3.63, 3.8) is 0 Å². The first-order chi connectivity index (χ1) is 12.8. The monoisotopic (exact) mass is 349 g/mol. The van der Waals surface area contributed by atoms with Gasteiger partial charge in [-0.25, -0.2) is 9.50 Å². The molecular formula is C19H19N5O2. The van der Waals surface area contributed by atoms with Gasteiger partial charge in [0.1, 0.15) is 0 Å². The molecule has 0 bridgehead atoms. The minimum Gasteiger partial charge on any atom is -0.480 e. The fourth-order valence-electron chi connectivity index (χ4n) is 3.61. The van der Waals surface area contributed by atoms with Gasteiger partial charge in [-0.3, -0.25) is 4.79 Å². The molecule has 1 aliphatic carbocycles. The minimum atomic E-state index is -0.0962. The molecule has 0 unspecified atom stereocenters. The summed E-state index contributed by atoms with van der Waals surface area (Å²) in [7, 11) is 1.56. The Morgan fingerprint density at radius 3 is 2.69 bits per heavy atom. The second-order valence-corrected chi connectivity index (χ2v) is 6.66. The van der Waals surface area contributed by atoms with Gasteiger partial charge in [-0.05, 0) is 31.0 Å². The topological polar surface area (TPSA) is 63.0 Å². The van der Waals surface area contributed by atoms with E-state index in [-0.39, 0.29) is 5.91 Å². The van der Waals surface area contributed by atoms with Crippen LogP contribution in [-0.2, 0) is 0 Å². The zero-order chi connectivity index (χ0) is 17.7. The van der Waals surface area contributed by atoms with Gasteiger partial charge >= 0.3 is 0 Å². The summed E-state index contributed by atoms with van der Waals surface area (Å²) in [4.78, 5) is 21.9. The average Bonchev–Trinajstić information content (AvgIpc) is 3.45. The SMILES string of the molecule is COc1ccc2ncc(C(=O)N3CCN(C4CC4)c4ccccc43)n2n1. The van der Waals surface area contributed by atoms with Gasteiger partial charge in [0, 0.05) is 25.2 Å². The van der Waals surface area contributed by atoms with Crippen LogP contribution in [0.3, 0.4) is 0 Å². The number of carbonyl (C=O) groups excluding carboxylic acids is 1. The van der Waals surface area contributed by atoms with Gasteiger partial charge in [0.2, 0.25) is 5.88 Å². The lowest BCUT2D eigenvalue weighted by Gasteiger charge is -2.37. The summed E-state index contributed by atoms with van der Waals surface area (Å²) in [6, 6.07) is 12.3. The van der Waals surface area contributed by atoms with Crippen LogP contribution in [0.25, 0.3) is 5.65 Å². The van der Waals surface area contributed by atoms with E-state index in [9.17, 15) is 4.79 Å². The highest BCUT2D eigenvalue weighted by atomic mass is 16.5. The molecule has 2 aliphatic rings. The number of fused-ring (bicyclic) bond motifs is 2. The lowest BCUT2D eigenvalue weighted by molar-refractivity contribution is 0.0979. The number of benzene rings is 1. The van der Waals surface area contributed by atoms with Crippen molar-refractivity contribution in [2.45, 2.75) is 18.9 Å². The molecule has 5 rings (SSSR count). The number of nitrogens with zero attached hydrogens (tertiary/aromatic N) is 5. The van der Waals surface area contributed by atoms with Crippen LogP contribution in [0.1, 0.15) is 23.3 Å². The standard InChI is InChI=1S/C19H19N5O2/c1-26-18-9-8-17-20-12-16(24(17)21-18)19(25)23-11-10-22(13-6-7-13)14-4-2-3-5-15(14)23/h2-5,8-9,12-13H,6-7,10-11H2,1H3. The quantitative estimate of drug-likeness (QED) is 0.726. The Kier molecular flexibility index (Phi) is 3.34. The molecular weight excluding hydrogens is 330 g/mol. The second kappa shape index (κ2) is 5.72. The molecule has 0 N–H and O–H groups in total. The lowest BCUT2D eigenvalue weighted by Crippen LogP contribution is -2.45. The number of carbonyl (C=O) groups is 1. The summed E-state index contributed by atoms with van der Waals surface area (Å²) in [5.41, 5.74) is 3.15. The van der Waals surface area contributed by atoms with Crippen LogP contribution in [0.4, 0.5) is 11.4 Å². The maximum absolute atomic E-state index is 13.3. The lowest BCUT2D eigenvalue weighted by atomic mass is 10.1. The van der Waals surface area contributed by atoms with Crippen molar-refractivity contribution in [2.75, 3.05) is 30.0 Å². The fourth-order valence-corrected chi connectivity index (χ4v) is 3.61. The molecule has 0 radical (unpaired) electrons. The number of methoxy groups -OCH3 is 1. The van der Waals surface area contributed by atoms with E-state index in [2.05, 4.69) is 21.0 Å². The molecule has 7 heteroatoms. The highest BCUT2D eigenvalue weighted by Crippen LogP contribution is 2.40. The number of hydrogen-bond acceptors (Lipinski definition) is 5. The molecule has 1 aliphatic heterocycles. The van der Waals surface area contributed by atoms with Crippen molar-refractivity contribution >= 4 is 22.9 Å². The maximum atomic E-state index is 13.3. The van der Waals surface area contributed by atoms with E-state index < -0.39 is 0 Å². The van der Waals surface area contributed by atoms with Gasteiger partial charge in [0.25, 0.3) is 5.91 Å². The number of ether oxygens (including phenoxy) is 1. The summed E-state index contributed by atoms with van der Waals surface area (Å²) in [5, 5.41) is 4.35. The summed E-state index contributed by atoms with van der Waals surface area (Å²) >= 11 is 0. The normalized spacial score (nSPS) is 16.7. The summed E-state index contributed by atoms with van der Waals surface area (Å²) < 4.78 is 6.74. The van der Waals surface area contributed by atoms with E-state index in [1.807, 2.05) is 23.1 Å². The molecule has 0 saturated heterocycles. The third kappa shape index (κ3) is 2.31. The van der Waals surface area contributed by atoms with E-state index in [4.69, 9.17) is 4.74 Å². The first-order valence-corrected chi connectivity index (χ1v) is 8.82. The molecule has 0 spiro atoms. The van der Waals surface area contributed by atoms with E-state index >= 15 is 0 Å². The number of anilines is 2. The molecule has 2 aromatic heterocycles. The number of hydrogen-bond donors (Lipinski definition) is 0. The molecule has 1 saturated carbocycles. The Balaban J connectivity index is 1.55. The van der Waals surface area contributed by atoms with Gasteiger partial charge in [0.05, 0.1) is 24.7 Å². The first-order valence-electron chi connectivity index (χ1n) is 8.82. The van der Waals surface area contributed by atoms with Gasteiger partial charge in [-0.2, -0.15) is 0 Å². The van der Waals surface area contributed by atoms with Crippen LogP contribution in [0.15, 0.2) is 42.6 Å². The van der Waals surface area contributed by atoms with Crippen molar-refractivity contribution < 1.29 is 9.53 Å². The molecule has 26 heavy (non-hydrogen) atoms. The highest BCUT2D eigenvalue weighted by Gasteiger charge is 2.36. The van der Waals surface area contributed by atoms with Gasteiger partial charge in [-0.15, -0.1) is 5.10 Å². The van der Waals surface area contributed by atoms with E-state index in [0.717, 1.165) is 17.9 Å². The number of imidazole rings is 1. The van der Waals surface area contributed by atoms with Crippen molar-refractivity contribution in [1.29, 1.82) is 0 Å². The van der Waals surface area contributed by atoms with Gasteiger partial charge in [0.15, 0.2) is 11.3 Å². The minimum absolute atomic E-state index is 0.0962. The van der Waals surface area contributed by atoms with E-state index in [1.54, 1.807) is 30.0 Å². The molecule has 132 valence electrons. The molecule has 1 aromatic carbocycles. The van der Waals surface area contributed by atoms with E-state index in [1.165, 1.54) is 12.8 Å². The molecule has 3 heterocycles. The van der Waals surface area contributed by atoms with Gasteiger partial charge < -0.3 is 14.5 Å². The Hall–Kier alpha value is -3.09. The van der Waals surface area contributed by atoms with Crippen molar-refractivity contribution in [2.24, 2.45) is 0 Å². The average molecular weight is 349 g/mol. The van der Waals surface area contributed by atoms with Crippen LogP contribution in [-0.4, -0.2) is 46.7 Å². The zero-order valence-electron chi connectivity index (χ0n) is 14.5. The third-order valence-electron chi connectivity index (χ3n) is 5.05. The van der Waals surface area contributed by atoms with E-state index in [0.29, 0.717) is 29.8 Å². The second-order valence-electron chi connectivity index (χ2n) is 6.66. The van der Waals surface area contributed by atoms with Crippen LogP contribution < -0.4 is 14.5 Å². The van der Waals surface area contributed by atoms with Crippen molar-refractivity contribution in [1.82, 2.24) is 14.6 Å². The predicted octanol–water partition coefficient (Wildman–Crippen LogP) is 2.37. The molecule has 7 nitrogen and oxygen atoms in total. The number of para-hydroxylation sites is 2. The van der Waals surface area contributed by atoms with Crippen LogP contribution in [0.5, 0.6) is 5.88 Å². The van der Waals surface area contributed by atoms with Crippen molar-refractivity contribution in [3.8, 4) is 5.88 Å². The predicted molar refractivity (Wildman–Crippen MR) is 98.0 cm³/mol. The third-order valence-corrected chi connectivity index (χ3v) is 5.05. The summed E-state index contributed by atoms with van der Waals surface area (Å²) in [5.74, 6) is 0.352. The zero-order valence-corrected chi connectivity index (χ0v) is 14.5. The summed E-state index contributed by atoms with van der Waals surface area (Å²) in [6.07, 6.45) is 4.05. The molecule has 0 atom stereocenters.